The number of nitrogens with zero attached hydrogens (tertiary/aromatic N) is 2. The lowest BCUT2D eigenvalue weighted by Crippen LogP contribution is -2.50. The number of anilines is 1. The molecule has 1 fully saturated rings. The monoisotopic (exact) mass is 347 g/mol. The first-order chi connectivity index (χ1) is 11.8. The predicted molar refractivity (Wildman–Crippen MR) is 99.1 cm³/mol. The third kappa shape index (κ3) is 5.37. The highest BCUT2D eigenvalue weighted by molar-refractivity contribution is 5.99. The Morgan fingerprint density at radius 3 is 2.36 bits per heavy atom. The summed E-state index contributed by atoms with van der Waals surface area (Å²) in [5.74, 6) is -0.0491. The van der Waals surface area contributed by atoms with Crippen molar-refractivity contribution in [2.45, 2.75) is 39.7 Å². The molecule has 25 heavy (non-hydrogen) atoms. The summed E-state index contributed by atoms with van der Waals surface area (Å²) in [6, 6.07) is 7.62. The highest BCUT2D eigenvalue weighted by Gasteiger charge is 2.27. The van der Waals surface area contributed by atoms with E-state index in [1.165, 1.54) is 0 Å². The summed E-state index contributed by atoms with van der Waals surface area (Å²) in [4.78, 5) is 28.4. The lowest BCUT2D eigenvalue weighted by atomic mass is 10.1. The molecule has 0 radical (unpaired) electrons. The van der Waals surface area contributed by atoms with Gasteiger partial charge in [-0.3, -0.25) is 4.79 Å². The standard InChI is InChI=1S/C19H29N3O3/c1-5-10-20-17(23)15-8-6-7-9-16(15)21-11-13-22(14-12-21)18(24)25-19(2,3)4/h6-9H,5,10-14H2,1-4H3,(H,20,23). The molecule has 2 amide bonds. The molecule has 1 heterocycles. The Morgan fingerprint density at radius 2 is 1.76 bits per heavy atom. The van der Waals surface area contributed by atoms with Crippen LogP contribution in [0.3, 0.4) is 0 Å². The Labute approximate surface area is 150 Å². The van der Waals surface area contributed by atoms with E-state index in [-0.39, 0.29) is 12.0 Å². The molecule has 138 valence electrons. The highest BCUT2D eigenvalue weighted by Crippen LogP contribution is 2.22. The van der Waals surface area contributed by atoms with Crippen molar-refractivity contribution in [1.29, 1.82) is 0 Å². The topological polar surface area (TPSA) is 61.9 Å². The quantitative estimate of drug-likeness (QED) is 0.910. The summed E-state index contributed by atoms with van der Waals surface area (Å²) in [6.07, 6.45) is 0.628. The molecular formula is C19H29N3O3. The number of rotatable bonds is 4. The second-order valence-electron chi connectivity index (χ2n) is 7.23. The molecule has 6 heteroatoms. The Balaban J connectivity index is 2.01. The number of piperazine rings is 1. The van der Waals surface area contributed by atoms with Crippen molar-refractivity contribution in [1.82, 2.24) is 10.2 Å². The molecule has 1 N–H and O–H groups in total. The minimum absolute atomic E-state index is 0.0491. The zero-order chi connectivity index (χ0) is 18.4. The van der Waals surface area contributed by atoms with E-state index in [2.05, 4.69) is 10.2 Å². The van der Waals surface area contributed by atoms with Crippen LogP contribution in [-0.2, 0) is 4.74 Å². The summed E-state index contributed by atoms with van der Waals surface area (Å²) in [5.41, 5.74) is 1.11. The first-order valence-corrected chi connectivity index (χ1v) is 8.92. The molecular weight excluding hydrogens is 318 g/mol. The SMILES string of the molecule is CCCNC(=O)c1ccccc1N1CCN(C(=O)OC(C)(C)C)CC1. The summed E-state index contributed by atoms with van der Waals surface area (Å²) < 4.78 is 5.43. The molecule has 0 aromatic heterocycles. The smallest absolute Gasteiger partial charge is 0.410 e. The number of carbonyl (C=O) groups is 2. The van der Waals surface area contributed by atoms with E-state index in [4.69, 9.17) is 4.74 Å². The number of para-hydroxylation sites is 1. The molecule has 1 saturated heterocycles. The largest absolute Gasteiger partial charge is 0.444 e. The first kappa shape index (κ1) is 19.1. The maximum Gasteiger partial charge on any atom is 0.410 e. The molecule has 0 spiro atoms. The van der Waals surface area contributed by atoms with Crippen molar-refractivity contribution in [2.75, 3.05) is 37.6 Å². The van der Waals surface area contributed by atoms with E-state index >= 15 is 0 Å². The fraction of sp³-hybridized carbons (Fsp3) is 0.579. The maximum atomic E-state index is 12.4. The maximum absolute atomic E-state index is 12.4. The predicted octanol–water partition coefficient (Wildman–Crippen LogP) is 2.88. The van der Waals surface area contributed by atoms with Crippen molar-refractivity contribution >= 4 is 17.7 Å². The molecule has 1 aliphatic rings. The molecule has 1 aromatic rings. The number of hydrogen-bond donors (Lipinski definition) is 1. The molecule has 0 atom stereocenters. The second-order valence-corrected chi connectivity index (χ2v) is 7.23. The molecule has 1 aliphatic heterocycles. The molecule has 0 bridgehead atoms. The van der Waals surface area contributed by atoms with Crippen LogP contribution < -0.4 is 10.2 Å². The van der Waals surface area contributed by atoms with Crippen molar-refractivity contribution < 1.29 is 14.3 Å². The Hall–Kier alpha value is -2.24. The zero-order valence-electron chi connectivity index (χ0n) is 15.7. The van der Waals surface area contributed by atoms with Gasteiger partial charge in [0.05, 0.1) is 5.56 Å². The normalized spacial score (nSPS) is 15.0. The minimum Gasteiger partial charge on any atom is -0.444 e. The lowest BCUT2D eigenvalue weighted by molar-refractivity contribution is 0.0240. The van der Waals surface area contributed by atoms with Crippen LogP contribution in [0.4, 0.5) is 10.5 Å². The number of nitrogens with one attached hydrogen (secondary N) is 1. The number of benzene rings is 1. The van der Waals surface area contributed by atoms with Crippen molar-refractivity contribution in [2.24, 2.45) is 0 Å². The second kappa shape index (κ2) is 8.23. The highest BCUT2D eigenvalue weighted by atomic mass is 16.6. The zero-order valence-corrected chi connectivity index (χ0v) is 15.7. The van der Waals surface area contributed by atoms with E-state index < -0.39 is 5.60 Å². The van der Waals surface area contributed by atoms with Crippen molar-refractivity contribution in [3.05, 3.63) is 29.8 Å². The van der Waals surface area contributed by atoms with Gasteiger partial charge in [-0.05, 0) is 39.3 Å². The van der Waals surface area contributed by atoms with Gasteiger partial charge in [-0.1, -0.05) is 19.1 Å². The molecule has 6 nitrogen and oxygen atoms in total. The van der Waals surface area contributed by atoms with Gasteiger partial charge < -0.3 is 19.9 Å². The number of hydrogen-bond acceptors (Lipinski definition) is 4. The van der Waals surface area contributed by atoms with E-state index in [1.807, 2.05) is 52.0 Å². The Bertz CT molecular complexity index is 602. The van der Waals surface area contributed by atoms with Gasteiger partial charge in [0.15, 0.2) is 0 Å². The van der Waals surface area contributed by atoms with Gasteiger partial charge in [0.25, 0.3) is 5.91 Å². The van der Waals surface area contributed by atoms with Gasteiger partial charge in [-0.25, -0.2) is 4.79 Å². The fourth-order valence-electron chi connectivity index (χ4n) is 2.73. The van der Waals surface area contributed by atoms with E-state index in [9.17, 15) is 9.59 Å². The molecule has 0 saturated carbocycles. The van der Waals surface area contributed by atoms with Gasteiger partial charge >= 0.3 is 6.09 Å². The van der Waals surface area contributed by atoms with Gasteiger partial charge in [-0.2, -0.15) is 0 Å². The van der Waals surface area contributed by atoms with Crippen molar-refractivity contribution in [3.63, 3.8) is 0 Å². The van der Waals surface area contributed by atoms with Crippen LogP contribution >= 0.6 is 0 Å². The van der Waals surface area contributed by atoms with Crippen LogP contribution in [0.5, 0.6) is 0 Å². The average molecular weight is 347 g/mol. The summed E-state index contributed by atoms with van der Waals surface area (Å²) >= 11 is 0. The lowest BCUT2D eigenvalue weighted by Gasteiger charge is -2.37. The van der Waals surface area contributed by atoms with Gasteiger partial charge in [-0.15, -0.1) is 0 Å². The van der Waals surface area contributed by atoms with Crippen molar-refractivity contribution in [3.8, 4) is 0 Å². The first-order valence-electron chi connectivity index (χ1n) is 8.92. The molecule has 2 rings (SSSR count). The Morgan fingerprint density at radius 1 is 1.12 bits per heavy atom. The van der Waals surface area contributed by atoms with Crippen LogP contribution in [0.2, 0.25) is 0 Å². The van der Waals surface area contributed by atoms with Crippen LogP contribution in [0.1, 0.15) is 44.5 Å². The summed E-state index contributed by atoms with van der Waals surface area (Å²) in [6.45, 7) is 10.8. The summed E-state index contributed by atoms with van der Waals surface area (Å²) in [5, 5.41) is 2.93. The Kier molecular flexibility index (Phi) is 6.28. The number of amides is 2. The van der Waals surface area contributed by atoms with Crippen LogP contribution in [0.15, 0.2) is 24.3 Å². The van der Waals surface area contributed by atoms with Crippen LogP contribution in [0, 0.1) is 0 Å². The molecule has 0 aliphatic carbocycles. The number of carbonyl (C=O) groups excluding carboxylic acids is 2. The van der Waals surface area contributed by atoms with E-state index in [0.29, 0.717) is 38.3 Å². The number of ether oxygens (including phenoxy) is 1. The molecule has 1 aromatic carbocycles. The van der Waals surface area contributed by atoms with E-state index in [1.54, 1.807) is 4.90 Å². The van der Waals surface area contributed by atoms with Gasteiger partial charge in [0.1, 0.15) is 5.60 Å². The fourth-order valence-corrected chi connectivity index (χ4v) is 2.73. The summed E-state index contributed by atoms with van der Waals surface area (Å²) in [7, 11) is 0. The van der Waals surface area contributed by atoms with Gasteiger partial charge in [0, 0.05) is 38.4 Å². The third-order valence-electron chi connectivity index (χ3n) is 3.96. The average Bonchev–Trinajstić information content (AvgIpc) is 2.58. The van der Waals surface area contributed by atoms with E-state index in [0.717, 1.165) is 12.1 Å². The van der Waals surface area contributed by atoms with Gasteiger partial charge in [0.2, 0.25) is 0 Å². The minimum atomic E-state index is -0.488. The molecule has 0 unspecified atom stereocenters. The third-order valence-corrected chi connectivity index (χ3v) is 3.96. The van der Waals surface area contributed by atoms with Crippen LogP contribution in [0.25, 0.3) is 0 Å². The van der Waals surface area contributed by atoms with Crippen LogP contribution in [-0.4, -0.2) is 55.2 Å².